The van der Waals surface area contributed by atoms with Crippen LogP contribution in [-0.4, -0.2) is 115 Å². The van der Waals surface area contributed by atoms with Gasteiger partial charge >= 0.3 is 65.8 Å². The molecule has 3 radical (unpaired) electrons. The van der Waals surface area contributed by atoms with E-state index in [0.717, 1.165) is 139 Å². The van der Waals surface area contributed by atoms with Crippen molar-refractivity contribution < 1.29 is 78.9 Å². The second-order valence-corrected chi connectivity index (χ2v) is 29.9. The molecule has 21 nitrogen and oxygen atoms in total. The summed E-state index contributed by atoms with van der Waals surface area (Å²) in [5.41, 5.74) is 13.7. The van der Waals surface area contributed by atoms with Gasteiger partial charge in [-0.2, -0.15) is 0 Å². The van der Waals surface area contributed by atoms with E-state index in [2.05, 4.69) is 96.3 Å². The number of rotatable bonds is 22. The number of halogens is 6. The first kappa shape index (κ1) is 100. The molecule has 0 aliphatic carbocycles. The zero-order valence-electron chi connectivity index (χ0n) is 66.2. The molecule has 112 heavy (non-hydrogen) atoms. The molecule has 0 bridgehead atoms. The Morgan fingerprint density at radius 3 is 1.13 bits per heavy atom. The number of imidazole rings is 3. The number of hydrogen-bond donors (Lipinski definition) is 5. The second-order valence-electron chi connectivity index (χ2n) is 25.3. The number of aromatic carboxylic acids is 1. The zero-order valence-corrected chi connectivity index (χ0v) is 73.9. The van der Waals surface area contributed by atoms with Crippen molar-refractivity contribution in [1.29, 1.82) is 0 Å². The van der Waals surface area contributed by atoms with Gasteiger partial charge in [0.2, 0.25) is 0 Å². The maximum absolute atomic E-state index is 13.4. The first-order valence-electron chi connectivity index (χ1n) is 35.1. The van der Waals surface area contributed by atoms with Gasteiger partial charge in [0.25, 0.3) is 0 Å². The van der Waals surface area contributed by atoms with Crippen LogP contribution in [0.3, 0.4) is 0 Å². The number of aromatic nitrogens is 6. The summed E-state index contributed by atoms with van der Waals surface area (Å²) < 4.78 is 27.5. The molecule has 3 heterocycles. The number of benzene rings is 8. The molecule has 11 aromatic rings. The molecule has 0 amide bonds. The SMILES string of the molecule is CCCC(CC(=O)O)n1c(=O)n(Cc2cc(Br)ccc2C)c2ccccc21.CCCC(CC(=O)OC)n1c(=O)[nH]c2ccccc21.CCCC(CC(=O)OC)n1c(=O)n(Cc2cc(Br)ccc2C)c2ccccc21.CO.COC(=O)c1cc(Br)ccc1C.Cc1ccc(Br)cc1C(=O)O.Cc1ccc(Br)cc1CO.Cl.[B].[H-].[Li+]. The number of aryl methyl sites for hydroxylation is 5. The van der Waals surface area contributed by atoms with Crippen molar-refractivity contribution in [1.82, 2.24) is 27.8 Å². The maximum Gasteiger partial charge on any atom is 1.00 e. The minimum absolute atomic E-state index is 0. The Labute approximate surface area is 716 Å². The number of nitrogens with one attached hydrogen (secondary N) is 1. The van der Waals surface area contributed by atoms with Crippen molar-refractivity contribution in [3.8, 4) is 0 Å². The van der Waals surface area contributed by atoms with Crippen LogP contribution in [0, 0.1) is 34.6 Å². The summed E-state index contributed by atoms with van der Waals surface area (Å²) in [6.07, 6.45) is 5.07. The third-order valence-corrected chi connectivity index (χ3v) is 20.3. The monoisotopic (exact) mass is 1870 g/mol. The second kappa shape index (κ2) is 50.4. The molecule has 0 aliphatic heterocycles. The van der Waals surface area contributed by atoms with Crippen LogP contribution in [0.1, 0.15) is 163 Å². The summed E-state index contributed by atoms with van der Waals surface area (Å²) in [6, 6.07) is 50.8. The van der Waals surface area contributed by atoms with E-state index in [1.165, 1.54) is 21.3 Å². The first-order valence-corrected chi connectivity index (χ1v) is 39.1. The minimum Gasteiger partial charge on any atom is -1.00 e. The molecule has 11 rings (SSSR count). The number of carboxylic acid groups (broad SMARTS) is 2. The van der Waals surface area contributed by atoms with Crippen molar-refractivity contribution in [3.05, 3.63) is 273 Å². The van der Waals surface area contributed by atoms with Gasteiger partial charge < -0.3 is 41.0 Å². The van der Waals surface area contributed by atoms with Crippen LogP contribution >= 0.6 is 92.1 Å². The molecule has 0 saturated heterocycles. The Kier molecular flexibility index (Phi) is 45.1. The molecule has 3 aromatic heterocycles. The predicted molar refractivity (Wildman–Crippen MR) is 461 cm³/mol. The van der Waals surface area contributed by atoms with Crippen LogP contribution < -0.4 is 35.9 Å². The van der Waals surface area contributed by atoms with Gasteiger partial charge in [0, 0.05) is 56.0 Å². The molecule has 0 fully saturated rings. The molecule has 3 atom stereocenters. The fourth-order valence-electron chi connectivity index (χ4n) is 12.2. The Hall–Kier alpha value is -7.81. The fourth-order valence-corrected chi connectivity index (χ4v) is 14.1. The van der Waals surface area contributed by atoms with E-state index in [1.807, 2.05) is 187 Å². The van der Waals surface area contributed by atoms with E-state index in [0.29, 0.717) is 30.6 Å². The van der Waals surface area contributed by atoms with Crippen molar-refractivity contribution in [2.75, 3.05) is 28.4 Å². The molecule has 5 N–H and O–H groups in total. The van der Waals surface area contributed by atoms with Crippen LogP contribution in [0.15, 0.2) is 201 Å². The van der Waals surface area contributed by atoms with Gasteiger partial charge in [0.1, 0.15) is 0 Å². The predicted octanol–water partition coefficient (Wildman–Crippen LogP) is 15.8. The van der Waals surface area contributed by atoms with Gasteiger partial charge in [-0.1, -0.05) is 186 Å². The van der Waals surface area contributed by atoms with Crippen LogP contribution in [-0.2, 0) is 48.3 Å². The number of methoxy groups -OCH3 is 3. The van der Waals surface area contributed by atoms with E-state index in [-0.39, 0.29) is 120 Å². The summed E-state index contributed by atoms with van der Waals surface area (Å²) in [5.74, 6) is -2.67. The number of aliphatic hydroxyl groups is 2. The summed E-state index contributed by atoms with van der Waals surface area (Å²) in [4.78, 5) is 98.1. The number of para-hydroxylation sites is 6. The number of carbonyl (C=O) groups is 5. The van der Waals surface area contributed by atoms with Gasteiger partial charge in [-0.15, -0.1) is 12.4 Å². The van der Waals surface area contributed by atoms with Gasteiger partial charge in [-0.05, 0) is 195 Å². The summed E-state index contributed by atoms with van der Waals surface area (Å²) in [6.45, 7) is 16.8. The van der Waals surface area contributed by atoms with Gasteiger partial charge in [0.05, 0.1) is 105 Å². The summed E-state index contributed by atoms with van der Waals surface area (Å²) >= 11 is 16.8. The Bertz CT molecular complexity index is 5110. The van der Waals surface area contributed by atoms with E-state index in [4.69, 9.17) is 24.8 Å². The Morgan fingerprint density at radius 1 is 0.446 bits per heavy atom. The molecule has 0 aliphatic rings. The van der Waals surface area contributed by atoms with E-state index in [9.17, 15) is 43.5 Å². The minimum atomic E-state index is -0.889. The van der Waals surface area contributed by atoms with Gasteiger partial charge in [-0.3, -0.25) is 37.2 Å². The number of carbonyl (C=O) groups excluding carboxylic acids is 3. The van der Waals surface area contributed by atoms with Gasteiger partial charge in [-0.25, -0.2) is 24.0 Å². The van der Waals surface area contributed by atoms with Crippen molar-refractivity contribution in [2.24, 2.45) is 0 Å². The molecule has 0 spiro atoms. The largest absolute Gasteiger partial charge is 1.00 e. The maximum atomic E-state index is 13.4. The average Bonchev–Trinajstić information content (AvgIpc) is 1.64. The third-order valence-electron chi connectivity index (χ3n) is 17.8. The number of fused-ring (bicyclic) bond motifs is 3. The summed E-state index contributed by atoms with van der Waals surface area (Å²) in [7, 11) is 5.12. The Balaban J connectivity index is 0.000000698. The molecule has 8 aromatic carbocycles. The Morgan fingerprint density at radius 2 is 0.777 bits per heavy atom. The quantitative estimate of drug-likeness (QED) is 0.0239. The molecule has 3 unspecified atom stereocenters. The third kappa shape index (κ3) is 28.6. The number of aliphatic carboxylic acids is 1. The standard InChI is InChI=1S/C22H25BrN2O3.C21H23BrN2O3.C14H18N2O3.C9H9BrO2.C8H7BrO2.C8H9BrO.CH4O.B.ClH.Li.H/c1-4-7-18(13-21(26)28-3)25-20-9-6-5-8-19(20)24(22(25)27)14-16-12-17(23)11-10-15(16)2;1-3-6-17(12-20(25)26)24-19-8-5-4-7-18(19)23(21(24)27)13-15-11-16(22)10-9-14(15)2;1-3-6-10(9-13(17)19-2)16-12-8-5-4-7-11(12)15-14(16)18;1-6-3-4-7(10)5-8(6)9(11)12-2;1-5-2-3-6(9)4-7(5)8(10)11;1-6-2-3-8(9)4-7(6)5-10;1-2;;;;/h5-6,8-12,18H,4,7,13-14H2,1-3H3;4-5,7-11,17H,3,6,12-13H2,1-2H3,(H,25,26);4-5,7-8,10H,3,6,9H2,1-2H3,(H,15,18);3-5H,1-2H3;2-4H,1H3,(H,10,11);2-4,10H,5H2,1H3;2H,1H3;;1H;;/q;;;;;;;;;+1;-1. The van der Waals surface area contributed by atoms with Crippen LogP contribution in [0.4, 0.5) is 0 Å². The number of nitrogens with zero attached hydrogens (tertiary/aromatic N) is 5. The number of aromatic amines is 1. The van der Waals surface area contributed by atoms with Gasteiger partial charge in [0.15, 0.2) is 0 Å². The van der Waals surface area contributed by atoms with Crippen LogP contribution in [0.5, 0.6) is 0 Å². The summed E-state index contributed by atoms with van der Waals surface area (Å²) in [5, 5.41) is 33.8. The molecule has 29 heteroatoms. The number of aliphatic hydroxyl groups excluding tert-OH is 2. The molecule has 0 saturated carbocycles. The number of H-pyrrole nitrogens is 1. The topological polar surface area (TPSA) is 286 Å². The van der Waals surface area contributed by atoms with Crippen LogP contribution in [0.25, 0.3) is 33.1 Å². The van der Waals surface area contributed by atoms with Crippen molar-refractivity contribution in [3.63, 3.8) is 0 Å². The fraction of sp³-hybridized carbons (Fsp3) is 0.325. The van der Waals surface area contributed by atoms with Crippen molar-refractivity contribution in [2.45, 2.75) is 151 Å². The number of carboxylic acids is 2. The van der Waals surface area contributed by atoms with Crippen molar-refractivity contribution >= 4 is 163 Å². The van der Waals surface area contributed by atoms with Crippen LogP contribution in [0.2, 0.25) is 0 Å². The number of ether oxygens (including phenoxy) is 3. The first-order chi connectivity index (χ1) is 52.0. The van der Waals surface area contributed by atoms with E-state index >= 15 is 0 Å². The number of esters is 3. The normalized spacial score (nSPS) is 11.1. The molecular formula is C83H97BBr5ClLiN6O15. The number of hydrogen-bond acceptors (Lipinski definition) is 13. The van der Waals surface area contributed by atoms with E-state index < -0.39 is 11.9 Å². The zero-order chi connectivity index (χ0) is 80.8. The molecule has 595 valence electrons. The van der Waals surface area contributed by atoms with E-state index in [1.54, 1.807) is 48.0 Å². The smallest absolute Gasteiger partial charge is 1.00 e. The average molecular weight is 1870 g/mol. The molecular weight excluding hydrogens is 1770 g/mol.